The molecule has 0 fully saturated rings. The summed E-state index contributed by atoms with van der Waals surface area (Å²) >= 11 is 1.58. The number of hydrogen-bond donors (Lipinski definition) is 0. The largest absolute Gasteiger partial charge is 0.486 e. The molecule has 7 heteroatoms. The zero-order chi connectivity index (χ0) is 19.1. The molecule has 5 rings (SSSR count). The Kier molecular flexibility index (Phi) is 4.09. The minimum atomic E-state index is -0.0452. The lowest BCUT2D eigenvalue weighted by Gasteiger charge is -2.14. The highest BCUT2D eigenvalue weighted by Gasteiger charge is 2.28. The van der Waals surface area contributed by atoms with Crippen molar-refractivity contribution in [3.8, 4) is 5.75 Å². The summed E-state index contributed by atoms with van der Waals surface area (Å²) in [6.45, 7) is 3.79. The van der Waals surface area contributed by atoms with Crippen LogP contribution in [0.4, 0.5) is 5.95 Å². The molecule has 0 unspecified atom stereocenters. The number of nitrogens with zero attached hydrogens (tertiary/aromatic N) is 4. The van der Waals surface area contributed by atoms with Crippen LogP contribution in [0.1, 0.15) is 21.1 Å². The fourth-order valence-corrected chi connectivity index (χ4v) is 4.13. The monoisotopic (exact) mass is 390 g/mol. The number of aromatic nitrogens is 3. The van der Waals surface area contributed by atoms with Gasteiger partial charge in [-0.05, 0) is 43.3 Å². The fourth-order valence-electron chi connectivity index (χ4n) is 3.45. The first-order valence-electron chi connectivity index (χ1n) is 9.10. The van der Waals surface area contributed by atoms with Gasteiger partial charge in [-0.25, -0.2) is 9.97 Å². The summed E-state index contributed by atoms with van der Waals surface area (Å²) in [5, 5.41) is 2.94. The van der Waals surface area contributed by atoms with Crippen molar-refractivity contribution in [3.05, 3.63) is 70.2 Å². The van der Waals surface area contributed by atoms with Crippen LogP contribution in [0.5, 0.6) is 5.75 Å². The molecule has 1 aliphatic rings. The van der Waals surface area contributed by atoms with Gasteiger partial charge in [0.1, 0.15) is 17.4 Å². The van der Waals surface area contributed by atoms with E-state index in [0.29, 0.717) is 24.7 Å². The third kappa shape index (κ3) is 2.93. The maximum atomic E-state index is 13.0. The first-order chi connectivity index (χ1) is 13.7. The second kappa shape index (κ2) is 6.76. The minimum absolute atomic E-state index is 0.0452. The van der Waals surface area contributed by atoms with E-state index in [9.17, 15) is 4.79 Å². The molecule has 0 radical (unpaired) electrons. The number of ether oxygens (including phenoxy) is 1. The number of aryl methyl sites for hydroxylation is 1. The normalized spacial score (nSPS) is 13.1. The molecular formula is C21H18N4O2S. The standard InChI is InChI=1S/C21H18N4O2S/c1-14-13-28-19(22-14)12-27-16-8-6-15(7-9-16)20(26)25-11-10-24-18-5-3-2-4-17(18)23-21(24)25/h2-9,13H,10-12H2,1H3. The number of benzene rings is 2. The zero-order valence-corrected chi connectivity index (χ0v) is 16.1. The fraction of sp³-hybridized carbons (Fsp3) is 0.190. The molecule has 140 valence electrons. The van der Waals surface area contributed by atoms with Gasteiger partial charge in [-0.3, -0.25) is 9.69 Å². The van der Waals surface area contributed by atoms with Crippen molar-refractivity contribution in [2.24, 2.45) is 0 Å². The van der Waals surface area contributed by atoms with E-state index in [1.165, 1.54) is 0 Å². The van der Waals surface area contributed by atoms with Crippen LogP contribution in [0, 0.1) is 6.92 Å². The lowest BCUT2D eigenvalue weighted by Crippen LogP contribution is -2.29. The van der Waals surface area contributed by atoms with Gasteiger partial charge in [0.2, 0.25) is 5.95 Å². The van der Waals surface area contributed by atoms with E-state index in [4.69, 9.17) is 4.74 Å². The van der Waals surface area contributed by atoms with Gasteiger partial charge in [-0.2, -0.15) is 0 Å². The summed E-state index contributed by atoms with van der Waals surface area (Å²) in [6, 6.07) is 15.2. The number of para-hydroxylation sites is 2. The third-order valence-electron chi connectivity index (χ3n) is 4.80. The highest BCUT2D eigenvalue weighted by Crippen LogP contribution is 2.28. The highest BCUT2D eigenvalue weighted by atomic mass is 32.1. The molecule has 1 amide bonds. The van der Waals surface area contributed by atoms with Crippen LogP contribution in [0.15, 0.2) is 53.9 Å². The van der Waals surface area contributed by atoms with Crippen molar-refractivity contribution in [2.75, 3.05) is 11.4 Å². The lowest BCUT2D eigenvalue weighted by molar-refractivity contribution is 0.0988. The second-order valence-corrected chi connectivity index (χ2v) is 7.65. The molecule has 0 atom stereocenters. The first kappa shape index (κ1) is 16.9. The van der Waals surface area contributed by atoms with Gasteiger partial charge in [-0.15, -0.1) is 11.3 Å². The van der Waals surface area contributed by atoms with Crippen molar-refractivity contribution in [1.29, 1.82) is 0 Å². The van der Waals surface area contributed by atoms with Crippen molar-refractivity contribution >= 4 is 34.2 Å². The van der Waals surface area contributed by atoms with Crippen molar-refractivity contribution < 1.29 is 9.53 Å². The van der Waals surface area contributed by atoms with E-state index in [-0.39, 0.29) is 5.91 Å². The summed E-state index contributed by atoms with van der Waals surface area (Å²) in [5.41, 5.74) is 3.60. The Balaban J connectivity index is 1.32. The van der Waals surface area contributed by atoms with E-state index in [0.717, 1.165) is 34.0 Å². The summed E-state index contributed by atoms with van der Waals surface area (Å²) in [5.74, 6) is 1.39. The van der Waals surface area contributed by atoms with Gasteiger partial charge >= 0.3 is 0 Å². The van der Waals surface area contributed by atoms with Gasteiger partial charge < -0.3 is 9.30 Å². The topological polar surface area (TPSA) is 60.2 Å². The van der Waals surface area contributed by atoms with Crippen molar-refractivity contribution in [1.82, 2.24) is 14.5 Å². The SMILES string of the molecule is Cc1csc(COc2ccc(C(=O)N3CCn4c3nc3ccccc34)cc2)n1. The quantitative estimate of drug-likeness (QED) is 0.528. The van der Waals surface area contributed by atoms with Crippen molar-refractivity contribution in [2.45, 2.75) is 20.1 Å². The smallest absolute Gasteiger partial charge is 0.260 e. The Morgan fingerprint density at radius 3 is 2.71 bits per heavy atom. The van der Waals surface area contributed by atoms with E-state index in [1.54, 1.807) is 28.4 Å². The number of anilines is 1. The number of imidazole rings is 1. The maximum absolute atomic E-state index is 13.0. The molecule has 4 aromatic rings. The number of fused-ring (bicyclic) bond motifs is 3. The predicted molar refractivity (Wildman–Crippen MR) is 109 cm³/mol. The van der Waals surface area contributed by atoms with E-state index in [1.807, 2.05) is 48.7 Å². The predicted octanol–water partition coefficient (Wildman–Crippen LogP) is 4.04. The summed E-state index contributed by atoms with van der Waals surface area (Å²) in [6.07, 6.45) is 0. The number of carbonyl (C=O) groups excluding carboxylic acids is 1. The lowest BCUT2D eigenvalue weighted by atomic mass is 10.2. The van der Waals surface area contributed by atoms with Gasteiger partial charge in [0.25, 0.3) is 5.91 Å². The molecule has 2 aromatic carbocycles. The van der Waals surface area contributed by atoms with Gasteiger partial charge in [0.15, 0.2) is 0 Å². The Bertz CT molecular complexity index is 1160. The Morgan fingerprint density at radius 2 is 1.93 bits per heavy atom. The van der Waals surface area contributed by atoms with Crippen LogP contribution in [0.3, 0.4) is 0 Å². The Labute approximate surface area is 166 Å². The molecule has 3 heterocycles. The van der Waals surface area contributed by atoms with Crippen LogP contribution < -0.4 is 9.64 Å². The van der Waals surface area contributed by atoms with E-state index < -0.39 is 0 Å². The molecule has 6 nitrogen and oxygen atoms in total. The molecule has 0 bridgehead atoms. The number of hydrogen-bond acceptors (Lipinski definition) is 5. The molecule has 0 N–H and O–H groups in total. The molecule has 28 heavy (non-hydrogen) atoms. The average molecular weight is 390 g/mol. The molecule has 1 aliphatic heterocycles. The summed E-state index contributed by atoms with van der Waals surface area (Å²) < 4.78 is 7.87. The number of carbonyl (C=O) groups is 1. The first-order valence-corrected chi connectivity index (χ1v) is 9.98. The molecular weight excluding hydrogens is 372 g/mol. The second-order valence-electron chi connectivity index (χ2n) is 6.70. The molecule has 0 saturated carbocycles. The summed E-state index contributed by atoms with van der Waals surface area (Å²) in [4.78, 5) is 23.8. The zero-order valence-electron chi connectivity index (χ0n) is 15.3. The highest BCUT2D eigenvalue weighted by molar-refractivity contribution is 7.09. The molecule has 2 aromatic heterocycles. The van der Waals surface area contributed by atoms with E-state index in [2.05, 4.69) is 14.5 Å². The van der Waals surface area contributed by atoms with E-state index >= 15 is 0 Å². The van der Waals surface area contributed by atoms with Crippen LogP contribution in [-0.2, 0) is 13.2 Å². The average Bonchev–Trinajstić information content (AvgIpc) is 3.41. The Hall–Kier alpha value is -3.19. The molecule has 0 aliphatic carbocycles. The molecule has 0 saturated heterocycles. The van der Waals surface area contributed by atoms with Gasteiger partial charge in [-0.1, -0.05) is 12.1 Å². The number of thiazole rings is 1. The minimum Gasteiger partial charge on any atom is -0.486 e. The maximum Gasteiger partial charge on any atom is 0.260 e. The Morgan fingerprint density at radius 1 is 1.11 bits per heavy atom. The third-order valence-corrected chi connectivity index (χ3v) is 5.74. The van der Waals surface area contributed by atoms with Crippen LogP contribution in [0.2, 0.25) is 0 Å². The number of rotatable bonds is 4. The van der Waals surface area contributed by atoms with Crippen LogP contribution in [-0.4, -0.2) is 27.0 Å². The van der Waals surface area contributed by atoms with Crippen molar-refractivity contribution in [3.63, 3.8) is 0 Å². The van der Waals surface area contributed by atoms with Gasteiger partial charge in [0.05, 0.1) is 11.0 Å². The summed E-state index contributed by atoms with van der Waals surface area (Å²) in [7, 11) is 0. The molecule has 0 spiro atoms. The van der Waals surface area contributed by atoms with Gasteiger partial charge in [0, 0.05) is 29.7 Å². The van der Waals surface area contributed by atoms with Crippen LogP contribution >= 0.6 is 11.3 Å². The van der Waals surface area contributed by atoms with Crippen LogP contribution in [0.25, 0.3) is 11.0 Å². The number of amides is 1.